The van der Waals surface area contributed by atoms with E-state index in [0.717, 1.165) is 12.7 Å². The Morgan fingerprint density at radius 3 is 2.68 bits per heavy atom. The lowest BCUT2D eigenvalue weighted by molar-refractivity contribution is -0.120. The minimum absolute atomic E-state index is 0.175. The van der Waals surface area contributed by atoms with E-state index in [1.165, 1.54) is 4.31 Å². The lowest BCUT2D eigenvalue weighted by Crippen LogP contribution is -2.43. The molecule has 1 aromatic rings. The van der Waals surface area contributed by atoms with Crippen molar-refractivity contribution in [3.8, 4) is 0 Å². The second kappa shape index (κ2) is 8.44. The molecule has 1 aliphatic rings. The second-order valence-electron chi connectivity index (χ2n) is 6.25. The van der Waals surface area contributed by atoms with Gasteiger partial charge in [-0.25, -0.2) is 12.7 Å². The van der Waals surface area contributed by atoms with E-state index in [9.17, 15) is 18.0 Å². The molecule has 1 aromatic carbocycles. The van der Waals surface area contributed by atoms with Crippen LogP contribution in [0, 0.1) is 5.92 Å². The van der Waals surface area contributed by atoms with Gasteiger partial charge in [-0.1, -0.05) is 19.1 Å². The van der Waals surface area contributed by atoms with Crippen molar-refractivity contribution in [3.63, 3.8) is 0 Å². The maximum absolute atomic E-state index is 12.6. The molecular formula is C17H25N3O4S. The van der Waals surface area contributed by atoms with E-state index in [2.05, 4.69) is 10.6 Å². The average molecular weight is 367 g/mol. The number of hydrogen-bond donors (Lipinski definition) is 2. The van der Waals surface area contributed by atoms with E-state index >= 15 is 0 Å². The maximum Gasteiger partial charge on any atom is 0.253 e. The van der Waals surface area contributed by atoms with Crippen LogP contribution < -0.4 is 10.6 Å². The SMILES string of the molecule is CCCNC(=O)c1ccccc1NC(=O)C1CCCN(S(C)(=O)=O)C1. The molecule has 0 bridgehead atoms. The van der Waals surface area contributed by atoms with Crippen LogP contribution in [0.3, 0.4) is 0 Å². The summed E-state index contributed by atoms with van der Waals surface area (Å²) in [6.45, 7) is 3.14. The molecule has 138 valence electrons. The predicted octanol–water partition coefficient (Wildman–Crippen LogP) is 1.44. The number of hydrogen-bond acceptors (Lipinski definition) is 4. The fourth-order valence-electron chi connectivity index (χ4n) is 2.82. The summed E-state index contributed by atoms with van der Waals surface area (Å²) in [6, 6.07) is 6.82. The molecule has 1 atom stereocenters. The molecule has 0 radical (unpaired) electrons. The zero-order valence-corrected chi connectivity index (χ0v) is 15.4. The van der Waals surface area contributed by atoms with Crippen molar-refractivity contribution in [1.29, 1.82) is 0 Å². The molecule has 25 heavy (non-hydrogen) atoms. The number of sulfonamides is 1. The zero-order valence-electron chi connectivity index (χ0n) is 14.6. The Bertz CT molecular complexity index is 733. The highest BCUT2D eigenvalue weighted by Gasteiger charge is 2.30. The lowest BCUT2D eigenvalue weighted by atomic mass is 9.98. The highest BCUT2D eigenvalue weighted by atomic mass is 32.2. The van der Waals surface area contributed by atoms with Crippen LogP contribution in [0.5, 0.6) is 0 Å². The predicted molar refractivity (Wildman–Crippen MR) is 96.8 cm³/mol. The van der Waals surface area contributed by atoms with Gasteiger partial charge >= 0.3 is 0 Å². The fourth-order valence-corrected chi connectivity index (χ4v) is 3.73. The molecule has 2 rings (SSSR count). The molecule has 1 aliphatic heterocycles. The molecule has 1 fully saturated rings. The van der Waals surface area contributed by atoms with Crippen molar-refractivity contribution in [1.82, 2.24) is 9.62 Å². The largest absolute Gasteiger partial charge is 0.352 e. The van der Waals surface area contributed by atoms with E-state index in [-0.39, 0.29) is 18.4 Å². The van der Waals surface area contributed by atoms with Gasteiger partial charge in [-0.3, -0.25) is 9.59 Å². The lowest BCUT2D eigenvalue weighted by Gasteiger charge is -2.30. The molecule has 8 heteroatoms. The summed E-state index contributed by atoms with van der Waals surface area (Å²) in [6.07, 6.45) is 3.25. The number of nitrogens with zero attached hydrogens (tertiary/aromatic N) is 1. The first-order chi connectivity index (χ1) is 11.8. The first-order valence-corrected chi connectivity index (χ1v) is 10.3. The number of benzene rings is 1. The van der Waals surface area contributed by atoms with E-state index in [0.29, 0.717) is 37.2 Å². The molecule has 1 unspecified atom stereocenters. The molecule has 2 amide bonds. The Labute approximate surface area is 148 Å². The van der Waals surface area contributed by atoms with Gasteiger partial charge in [0.1, 0.15) is 0 Å². The standard InChI is InChI=1S/C17H25N3O4S/c1-3-10-18-17(22)14-8-4-5-9-15(14)19-16(21)13-7-6-11-20(12-13)25(2,23)24/h4-5,8-9,13H,3,6-7,10-12H2,1-2H3,(H,18,22)(H,19,21). The van der Waals surface area contributed by atoms with Gasteiger partial charge in [0.25, 0.3) is 5.91 Å². The van der Waals surface area contributed by atoms with Crippen molar-refractivity contribution in [2.75, 3.05) is 31.2 Å². The summed E-state index contributed by atoms with van der Waals surface area (Å²) in [7, 11) is -3.31. The molecule has 0 aromatic heterocycles. The first kappa shape index (κ1) is 19.4. The third kappa shape index (κ3) is 5.27. The fraction of sp³-hybridized carbons (Fsp3) is 0.529. The second-order valence-corrected chi connectivity index (χ2v) is 8.23. The third-order valence-electron chi connectivity index (χ3n) is 4.19. The summed E-state index contributed by atoms with van der Waals surface area (Å²) >= 11 is 0. The molecule has 0 spiro atoms. The molecule has 1 saturated heterocycles. The van der Waals surface area contributed by atoms with Crippen LogP contribution >= 0.6 is 0 Å². The van der Waals surface area contributed by atoms with Crippen molar-refractivity contribution in [2.45, 2.75) is 26.2 Å². The quantitative estimate of drug-likeness (QED) is 0.795. The number of para-hydroxylation sites is 1. The normalized spacial score (nSPS) is 18.6. The summed E-state index contributed by atoms with van der Waals surface area (Å²) in [4.78, 5) is 24.8. The number of nitrogens with one attached hydrogen (secondary N) is 2. The minimum Gasteiger partial charge on any atom is -0.352 e. The van der Waals surface area contributed by atoms with Gasteiger partial charge < -0.3 is 10.6 Å². The minimum atomic E-state index is -3.31. The maximum atomic E-state index is 12.6. The van der Waals surface area contributed by atoms with Crippen LogP contribution in [0.4, 0.5) is 5.69 Å². The Hall–Kier alpha value is -1.93. The summed E-state index contributed by atoms with van der Waals surface area (Å²) < 4.78 is 24.7. The number of piperidine rings is 1. The number of carbonyl (C=O) groups excluding carboxylic acids is 2. The number of anilines is 1. The summed E-state index contributed by atoms with van der Waals surface area (Å²) in [5, 5.41) is 5.58. The van der Waals surface area contributed by atoms with Crippen LogP contribution in [-0.4, -0.2) is 50.4 Å². The first-order valence-electron chi connectivity index (χ1n) is 8.46. The highest BCUT2D eigenvalue weighted by Crippen LogP contribution is 2.22. The van der Waals surface area contributed by atoms with Gasteiger partial charge in [-0.05, 0) is 31.4 Å². The van der Waals surface area contributed by atoms with Crippen LogP contribution in [0.2, 0.25) is 0 Å². The topological polar surface area (TPSA) is 95.6 Å². The van der Waals surface area contributed by atoms with Crippen molar-refractivity contribution in [3.05, 3.63) is 29.8 Å². The van der Waals surface area contributed by atoms with Gasteiger partial charge in [0.2, 0.25) is 15.9 Å². The van der Waals surface area contributed by atoms with Crippen molar-refractivity contribution in [2.24, 2.45) is 5.92 Å². The van der Waals surface area contributed by atoms with E-state index in [4.69, 9.17) is 0 Å². The van der Waals surface area contributed by atoms with Gasteiger partial charge in [-0.15, -0.1) is 0 Å². The smallest absolute Gasteiger partial charge is 0.253 e. The highest BCUT2D eigenvalue weighted by molar-refractivity contribution is 7.88. The molecule has 1 heterocycles. The Morgan fingerprint density at radius 2 is 2.00 bits per heavy atom. The van der Waals surface area contributed by atoms with Gasteiger partial charge in [0, 0.05) is 19.6 Å². The Balaban J connectivity index is 2.09. The number of amides is 2. The Morgan fingerprint density at radius 1 is 1.28 bits per heavy atom. The van der Waals surface area contributed by atoms with Crippen LogP contribution in [0.15, 0.2) is 24.3 Å². The van der Waals surface area contributed by atoms with Crippen molar-refractivity contribution < 1.29 is 18.0 Å². The van der Waals surface area contributed by atoms with Crippen molar-refractivity contribution >= 4 is 27.5 Å². The zero-order chi connectivity index (χ0) is 18.4. The van der Waals surface area contributed by atoms with Crippen LogP contribution in [0.1, 0.15) is 36.5 Å². The molecule has 0 aliphatic carbocycles. The van der Waals surface area contributed by atoms with Gasteiger partial charge in [0.05, 0.1) is 23.4 Å². The molecule has 0 saturated carbocycles. The summed E-state index contributed by atoms with van der Waals surface area (Å²) in [5.74, 6) is -0.918. The van der Waals surface area contributed by atoms with Gasteiger partial charge in [-0.2, -0.15) is 0 Å². The van der Waals surface area contributed by atoms with Gasteiger partial charge in [0.15, 0.2) is 0 Å². The van der Waals surface area contributed by atoms with E-state index in [1.54, 1.807) is 24.3 Å². The van der Waals surface area contributed by atoms with E-state index in [1.807, 2.05) is 6.92 Å². The molecule has 7 nitrogen and oxygen atoms in total. The number of rotatable bonds is 6. The van der Waals surface area contributed by atoms with Crippen LogP contribution in [-0.2, 0) is 14.8 Å². The summed E-state index contributed by atoms with van der Waals surface area (Å²) in [5.41, 5.74) is 0.845. The third-order valence-corrected chi connectivity index (χ3v) is 5.46. The monoisotopic (exact) mass is 367 g/mol. The average Bonchev–Trinajstić information content (AvgIpc) is 2.59. The number of carbonyl (C=O) groups is 2. The molecule has 2 N–H and O–H groups in total. The Kier molecular flexibility index (Phi) is 6.55. The molecular weight excluding hydrogens is 342 g/mol. The van der Waals surface area contributed by atoms with E-state index < -0.39 is 15.9 Å². The van der Waals surface area contributed by atoms with Crippen LogP contribution in [0.25, 0.3) is 0 Å².